The van der Waals surface area contributed by atoms with Crippen LogP contribution in [0.15, 0.2) is 39.6 Å². The lowest BCUT2D eigenvalue weighted by Gasteiger charge is -2.21. The van der Waals surface area contributed by atoms with Gasteiger partial charge in [-0.05, 0) is 45.1 Å². The fourth-order valence-corrected chi connectivity index (χ4v) is 2.34. The molecule has 4 nitrogen and oxygen atoms in total. The van der Waals surface area contributed by atoms with Crippen molar-refractivity contribution in [1.29, 1.82) is 0 Å². The van der Waals surface area contributed by atoms with Crippen LogP contribution >= 0.6 is 15.9 Å². The molecule has 0 atom stereocenters. The van der Waals surface area contributed by atoms with Crippen molar-refractivity contribution in [2.45, 2.75) is 26.2 Å². The van der Waals surface area contributed by atoms with Crippen molar-refractivity contribution in [1.82, 2.24) is 0 Å². The number of amides is 1. The quantitative estimate of drug-likeness (QED) is 0.878. The van der Waals surface area contributed by atoms with Crippen LogP contribution in [0.1, 0.15) is 36.7 Å². The minimum Gasteiger partial charge on any atom is -0.495 e. The Balaban J connectivity index is 2.34. The molecule has 0 aliphatic carbocycles. The van der Waals surface area contributed by atoms with Gasteiger partial charge in [0.15, 0.2) is 4.67 Å². The van der Waals surface area contributed by atoms with E-state index in [9.17, 15) is 4.79 Å². The van der Waals surface area contributed by atoms with E-state index < -0.39 is 0 Å². The van der Waals surface area contributed by atoms with Crippen LogP contribution in [0.5, 0.6) is 5.75 Å². The van der Waals surface area contributed by atoms with Gasteiger partial charge in [-0.25, -0.2) is 0 Å². The maximum atomic E-state index is 12.3. The number of anilines is 1. The molecule has 1 aromatic heterocycles. The largest absolute Gasteiger partial charge is 0.495 e. The number of furan rings is 1. The molecule has 1 aromatic carbocycles. The fraction of sp³-hybridized carbons (Fsp3) is 0.312. The van der Waals surface area contributed by atoms with Gasteiger partial charge < -0.3 is 14.5 Å². The molecule has 0 saturated carbocycles. The third-order valence-corrected chi connectivity index (χ3v) is 3.79. The first-order valence-electron chi connectivity index (χ1n) is 6.56. The Morgan fingerprint density at radius 3 is 2.52 bits per heavy atom. The molecule has 0 aliphatic rings. The van der Waals surface area contributed by atoms with Crippen LogP contribution in [0, 0.1) is 0 Å². The molecule has 2 rings (SSSR count). The molecule has 21 heavy (non-hydrogen) atoms. The number of rotatable bonds is 3. The van der Waals surface area contributed by atoms with Gasteiger partial charge >= 0.3 is 0 Å². The van der Waals surface area contributed by atoms with E-state index in [1.165, 1.54) is 6.26 Å². The van der Waals surface area contributed by atoms with Crippen LogP contribution < -0.4 is 10.1 Å². The summed E-state index contributed by atoms with van der Waals surface area (Å²) >= 11 is 3.20. The van der Waals surface area contributed by atoms with Gasteiger partial charge in [-0.15, -0.1) is 0 Å². The second-order valence-electron chi connectivity index (χ2n) is 5.73. The number of halogens is 1. The van der Waals surface area contributed by atoms with Gasteiger partial charge in [0.25, 0.3) is 5.91 Å². The summed E-state index contributed by atoms with van der Waals surface area (Å²) in [4.78, 5) is 12.3. The summed E-state index contributed by atoms with van der Waals surface area (Å²) in [5.74, 6) is 0.371. The lowest BCUT2D eigenvalue weighted by molar-refractivity contribution is 0.102. The number of hydrogen-bond donors (Lipinski definition) is 1. The van der Waals surface area contributed by atoms with Gasteiger partial charge in [-0.1, -0.05) is 26.8 Å². The Hall–Kier alpha value is -1.75. The SMILES string of the molecule is COc1ccc(C(C)(C)C)cc1NC(=O)c1ccoc1Br. The van der Waals surface area contributed by atoms with Gasteiger partial charge in [0, 0.05) is 0 Å². The zero-order valence-electron chi connectivity index (χ0n) is 12.5. The highest BCUT2D eigenvalue weighted by Gasteiger charge is 2.18. The minimum absolute atomic E-state index is 0.0119. The molecule has 0 spiro atoms. The van der Waals surface area contributed by atoms with E-state index in [0.717, 1.165) is 5.56 Å². The molecule has 0 saturated heterocycles. The van der Waals surface area contributed by atoms with Crippen molar-refractivity contribution in [2.24, 2.45) is 0 Å². The molecular formula is C16H18BrNO3. The molecule has 0 radical (unpaired) electrons. The summed E-state index contributed by atoms with van der Waals surface area (Å²) in [6.45, 7) is 6.35. The van der Waals surface area contributed by atoms with E-state index in [4.69, 9.17) is 9.15 Å². The van der Waals surface area contributed by atoms with E-state index in [2.05, 4.69) is 42.0 Å². The molecule has 0 fully saturated rings. The Labute approximate surface area is 132 Å². The summed E-state index contributed by atoms with van der Waals surface area (Å²) in [6, 6.07) is 7.41. The lowest BCUT2D eigenvalue weighted by atomic mass is 9.87. The van der Waals surface area contributed by atoms with Gasteiger partial charge in [0.2, 0.25) is 0 Å². The number of benzene rings is 1. The molecule has 0 unspecified atom stereocenters. The van der Waals surface area contributed by atoms with Crippen molar-refractivity contribution in [3.05, 3.63) is 46.3 Å². The maximum absolute atomic E-state index is 12.3. The number of hydrogen-bond acceptors (Lipinski definition) is 3. The Morgan fingerprint density at radius 2 is 2.00 bits per heavy atom. The number of ether oxygens (including phenoxy) is 1. The van der Waals surface area contributed by atoms with Crippen LogP contribution in [-0.4, -0.2) is 13.0 Å². The van der Waals surface area contributed by atoms with E-state index >= 15 is 0 Å². The average Bonchev–Trinajstić information content (AvgIpc) is 2.84. The lowest BCUT2D eigenvalue weighted by Crippen LogP contribution is -2.15. The molecule has 1 N–H and O–H groups in total. The first-order valence-corrected chi connectivity index (χ1v) is 7.35. The van der Waals surface area contributed by atoms with Crippen LogP contribution in [0.25, 0.3) is 0 Å². The van der Waals surface area contributed by atoms with Gasteiger partial charge in [0.1, 0.15) is 5.75 Å². The Morgan fingerprint density at radius 1 is 1.29 bits per heavy atom. The third-order valence-electron chi connectivity index (χ3n) is 3.18. The van der Waals surface area contributed by atoms with Gasteiger partial charge in [-0.2, -0.15) is 0 Å². The zero-order chi connectivity index (χ0) is 15.6. The first kappa shape index (κ1) is 15.6. The molecule has 0 aliphatic heterocycles. The molecule has 112 valence electrons. The zero-order valence-corrected chi connectivity index (χ0v) is 14.1. The smallest absolute Gasteiger partial charge is 0.260 e. The highest BCUT2D eigenvalue weighted by Crippen LogP contribution is 2.32. The summed E-state index contributed by atoms with van der Waals surface area (Å²) in [7, 11) is 1.58. The minimum atomic E-state index is -0.250. The Kier molecular flexibility index (Phi) is 4.42. The third kappa shape index (κ3) is 3.47. The van der Waals surface area contributed by atoms with E-state index in [1.807, 2.05) is 18.2 Å². The van der Waals surface area contributed by atoms with Crippen LogP contribution in [0.2, 0.25) is 0 Å². The maximum Gasteiger partial charge on any atom is 0.260 e. The second-order valence-corrected chi connectivity index (χ2v) is 6.45. The normalized spacial score (nSPS) is 11.3. The summed E-state index contributed by atoms with van der Waals surface area (Å²) < 4.78 is 10.8. The predicted molar refractivity (Wildman–Crippen MR) is 86.1 cm³/mol. The summed E-state index contributed by atoms with van der Waals surface area (Å²) in [5, 5.41) is 2.86. The number of carbonyl (C=O) groups is 1. The topological polar surface area (TPSA) is 51.5 Å². The second kappa shape index (κ2) is 5.93. The predicted octanol–water partition coefficient (Wildman–Crippen LogP) is 4.60. The van der Waals surface area contributed by atoms with Crippen LogP contribution in [0.3, 0.4) is 0 Å². The number of nitrogens with one attached hydrogen (secondary N) is 1. The molecule has 5 heteroatoms. The van der Waals surface area contributed by atoms with Crippen molar-refractivity contribution in [3.63, 3.8) is 0 Å². The molecule has 1 heterocycles. The standard InChI is InChI=1S/C16H18BrNO3/c1-16(2,3)10-5-6-13(20-4)12(9-10)18-15(19)11-7-8-21-14(11)17/h5-9H,1-4H3,(H,18,19). The van der Waals surface area contributed by atoms with E-state index in [-0.39, 0.29) is 11.3 Å². The van der Waals surface area contributed by atoms with Crippen molar-refractivity contribution >= 4 is 27.5 Å². The van der Waals surface area contributed by atoms with E-state index in [1.54, 1.807) is 13.2 Å². The summed E-state index contributed by atoms with van der Waals surface area (Å²) in [5.41, 5.74) is 2.19. The molecule has 2 aromatic rings. The fourth-order valence-electron chi connectivity index (χ4n) is 1.92. The average molecular weight is 352 g/mol. The van der Waals surface area contributed by atoms with Crippen molar-refractivity contribution < 1.29 is 13.9 Å². The highest BCUT2D eigenvalue weighted by molar-refractivity contribution is 9.10. The van der Waals surface area contributed by atoms with Crippen molar-refractivity contribution in [2.75, 3.05) is 12.4 Å². The molecule has 1 amide bonds. The monoisotopic (exact) mass is 351 g/mol. The molecule has 0 bridgehead atoms. The molecular weight excluding hydrogens is 334 g/mol. The van der Waals surface area contributed by atoms with Gasteiger partial charge in [0.05, 0.1) is 24.6 Å². The van der Waals surface area contributed by atoms with Crippen LogP contribution in [0.4, 0.5) is 5.69 Å². The van der Waals surface area contributed by atoms with Gasteiger partial charge in [-0.3, -0.25) is 4.79 Å². The highest BCUT2D eigenvalue weighted by atomic mass is 79.9. The summed E-state index contributed by atoms with van der Waals surface area (Å²) in [6.07, 6.45) is 1.46. The van der Waals surface area contributed by atoms with Crippen LogP contribution in [-0.2, 0) is 5.41 Å². The van der Waals surface area contributed by atoms with Crippen molar-refractivity contribution in [3.8, 4) is 5.75 Å². The number of carbonyl (C=O) groups excluding carboxylic acids is 1. The van der Waals surface area contributed by atoms with E-state index in [0.29, 0.717) is 21.7 Å². The number of methoxy groups -OCH3 is 1. The first-order chi connectivity index (χ1) is 9.82. The Bertz CT molecular complexity index is 656.